The van der Waals surface area contributed by atoms with Crippen molar-refractivity contribution in [3.8, 4) is 11.6 Å². The Balaban J connectivity index is 1.60. The average Bonchev–Trinajstić information content (AvgIpc) is 3.09. The predicted molar refractivity (Wildman–Crippen MR) is 59.0 cm³/mol. The molecular weight excluding hydrogens is 220 g/mol. The van der Waals surface area contributed by atoms with Crippen LogP contribution in [-0.4, -0.2) is 38.4 Å². The number of rotatable bonds is 4. The molecule has 0 aliphatic carbocycles. The quantitative estimate of drug-likeness (QED) is 0.795. The van der Waals surface area contributed by atoms with Gasteiger partial charge in [-0.15, -0.1) is 0 Å². The van der Waals surface area contributed by atoms with Crippen LogP contribution in [0.25, 0.3) is 11.6 Å². The second-order valence-corrected chi connectivity index (χ2v) is 4.24. The number of aromatic nitrogens is 5. The highest BCUT2D eigenvalue weighted by Gasteiger charge is 2.16. The summed E-state index contributed by atoms with van der Waals surface area (Å²) >= 11 is 0. The van der Waals surface area contributed by atoms with Crippen molar-refractivity contribution in [1.29, 1.82) is 0 Å². The summed E-state index contributed by atoms with van der Waals surface area (Å²) in [5, 5.41) is 13.7. The Kier molecular flexibility index (Phi) is 2.83. The maximum Gasteiger partial charge on any atom is 0.239 e. The van der Waals surface area contributed by atoms with Gasteiger partial charge >= 0.3 is 0 Å². The number of nitrogens with one attached hydrogen (secondary N) is 2. The maximum atomic E-state index is 5.18. The fraction of sp³-hybridized carbons (Fsp3) is 0.600. The molecule has 0 spiro atoms. The molecule has 1 saturated heterocycles. The summed E-state index contributed by atoms with van der Waals surface area (Å²) < 4.78 is 5.18. The van der Waals surface area contributed by atoms with Gasteiger partial charge in [0.25, 0.3) is 0 Å². The number of hydrogen-bond donors (Lipinski definition) is 2. The van der Waals surface area contributed by atoms with Gasteiger partial charge in [-0.1, -0.05) is 5.16 Å². The van der Waals surface area contributed by atoms with E-state index in [-0.39, 0.29) is 0 Å². The first-order valence-corrected chi connectivity index (χ1v) is 5.81. The van der Waals surface area contributed by atoms with Crippen molar-refractivity contribution in [1.82, 2.24) is 30.6 Å². The lowest BCUT2D eigenvalue weighted by Crippen LogP contribution is -2.09. The molecule has 3 heterocycles. The Morgan fingerprint density at radius 2 is 2.47 bits per heavy atom. The second-order valence-electron chi connectivity index (χ2n) is 4.24. The summed E-state index contributed by atoms with van der Waals surface area (Å²) in [4.78, 5) is 8.26. The van der Waals surface area contributed by atoms with Crippen LogP contribution in [-0.2, 0) is 6.42 Å². The van der Waals surface area contributed by atoms with Gasteiger partial charge in [0, 0.05) is 6.42 Å². The second kappa shape index (κ2) is 4.62. The Morgan fingerprint density at radius 3 is 3.24 bits per heavy atom. The largest absolute Gasteiger partial charge is 0.339 e. The van der Waals surface area contributed by atoms with Gasteiger partial charge in [-0.05, 0) is 31.8 Å². The molecule has 0 amide bonds. The molecular formula is C10H14N6O. The van der Waals surface area contributed by atoms with Crippen molar-refractivity contribution in [2.45, 2.75) is 19.3 Å². The van der Waals surface area contributed by atoms with Crippen molar-refractivity contribution in [2.75, 3.05) is 13.1 Å². The molecule has 1 fully saturated rings. The van der Waals surface area contributed by atoms with E-state index >= 15 is 0 Å². The molecule has 1 aliphatic rings. The minimum atomic E-state index is 0.474. The van der Waals surface area contributed by atoms with Crippen molar-refractivity contribution in [3.63, 3.8) is 0 Å². The smallest absolute Gasteiger partial charge is 0.239 e. The van der Waals surface area contributed by atoms with Crippen LogP contribution >= 0.6 is 0 Å². The Hall–Kier alpha value is -1.76. The zero-order chi connectivity index (χ0) is 11.5. The first-order chi connectivity index (χ1) is 8.42. The highest BCUT2D eigenvalue weighted by molar-refractivity contribution is 5.39. The number of hydrogen-bond acceptors (Lipinski definition) is 6. The van der Waals surface area contributed by atoms with Crippen molar-refractivity contribution in [3.05, 3.63) is 12.2 Å². The van der Waals surface area contributed by atoms with E-state index in [2.05, 4.69) is 30.6 Å². The van der Waals surface area contributed by atoms with E-state index in [9.17, 15) is 0 Å². The van der Waals surface area contributed by atoms with Crippen LogP contribution in [0.5, 0.6) is 0 Å². The standard InChI is InChI=1S/C10H14N6O/c1(7-3-4-11-5-7)2-8-14-10(16-17-8)9-12-6-13-15-9/h6-7,11H,1-5H2,(H,12,13,15). The Bertz CT molecular complexity index is 459. The van der Waals surface area contributed by atoms with Crippen LogP contribution in [0.15, 0.2) is 10.9 Å². The molecule has 90 valence electrons. The van der Waals surface area contributed by atoms with E-state index in [0.29, 0.717) is 17.5 Å². The number of aryl methyl sites for hydroxylation is 1. The summed E-state index contributed by atoms with van der Waals surface area (Å²) in [5.41, 5.74) is 0. The monoisotopic (exact) mass is 234 g/mol. The van der Waals surface area contributed by atoms with Gasteiger partial charge in [0.2, 0.25) is 11.7 Å². The van der Waals surface area contributed by atoms with Crippen LogP contribution in [0, 0.1) is 5.92 Å². The molecule has 2 N–H and O–H groups in total. The van der Waals surface area contributed by atoms with Gasteiger partial charge in [-0.3, -0.25) is 5.10 Å². The zero-order valence-electron chi connectivity index (χ0n) is 9.39. The van der Waals surface area contributed by atoms with Crippen molar-refractivity contribution in [2.24, 2.45) is 5.92 Å². The topological polar surface area (TPSA) is 92.5 Å². The summed E-state index contributed by atoms with van der Waals surface area (Å²) in [5.74, 6) is 2.42. The molecule has 0 bridgehead atoms. The lowest BCUT2D eigenvalue weighted by molar-refractivity contribution is 0.365. The molecule has 7 heteroatoms. The third kappa shape index (κ3) is 2.33. The highest BCUT2D eigenvalue weighted by atomic mass is 16.5. The predicted octanol–water partition coefficient (Wildman–Crippen LogP) is 0.397. The molecule has 2 aromatic rings. The van der Waals surface area contributed by atoms with Crippen molar-refractivity contribution < 1.29 is 4.52 Å². The molecule has 1 unspecified atom stereocenters. The van der Waals surface area contributed by atoms with Crippen LogP contribution in [0.3, 0.4) is 0 Å². The van der Waals surface area contributed by atoms with Gasteiger partial charge in [-0.25, -0.2) is 4.98 Å². The van der Waals surface area contributed by atoms with Crippen LogP contribution in [0.2, 0.25) is 0 Å². The van der Waals surface area contributed by atoms with Gasteiger partial charge in [0.1, 0.15) is 6.33 Å². The summed E-state index contributed by atoms with van der Waals surface area (Å²) in [7, 11) is 0. The molecule has 2 aromatic heterocycles. The third-order valence-electron chi connectivity index (χ3n) is 3.02. The summed E-state index contributed by atoms with van der Waals surface area (Å²) in [6.45, 7) is 2.22. The molecule has 7 nitrogen and oxygen atoms in total. The number of H-pyrrole nitrogens is 1. The zero-order valence-corrected chi connectivity index (χ0v) is 9.39. The lowest BCUT2D eigenvalue weighted by Gasteiger charge is -2.03. The number of nitrogens with zero attached hydrogens (tertiary/aromatic N) is 4. The van der Waals surface area contributed by atoms with E-state index in [0.717, 1.165) is 31.8 Å². The van der Waals surface area contributed by atoms with E-state index in [1.165, 1.54) is 12.7 Å². The van der Waals surface area contributed by atoms with E-state index in [4.69, 9.17) is 4.52 Å². The van der Waals surface area contributed by atoms with Gasteiger partial charge in [0.05, 0.1) is 0 Å². The van der Waals surface area contributed by atoms with Crippen molar-refractivity contribution >= 4 is 0 Å². The Morgan fingerprint density at radius 1 is 1.47 bits per heavy atom. The summed E-state index contributed by atoms with van der Waals surface area (Å²) in [6.07, 6.45) is 4.58. The minimum Gasteiger partial charge on any atom is -0.339 e. The van der Waals surface area contributed by atoms with Crippen LogP contribution < -0.4 is 5.32 Å². The van der Waals surface area contributed by atoms with Crippen LogP contribution in [0.4, 0.5) is 0 Å². The number of aromatic amines is 1. The molecule has 0 saturated carbocycles. The van der Waals surface area contributed by atoms with Gasteiger partial charge < -0.3 is 9.84 Å². The van der Waals surface area contributed by atoms with E-state index in [1.807, 2.05) is 0 Å². The van der Waals surface area contributed by atoms with E-state index < -0.39 is 0 Å². The molecule has 0 aromatic carbocycles. The molecule has 1 aliphatic heterocycles. The molecule has 0 radical (unpaired) electrons. The fourth-order valence-corrected chi connectivity index (χ4v) is 2.05. The van der Waals surface area contributed by atoms with Gasteiger partial charge in [-0.2, -0.15) is 10.1 Å². The minimum absolute atomic E-state index is 0.474. The van der Waals surface area contributed by atoms with Crippen LogP contribution in [0.1, 0.15) is 18.7 Å². The fourth-order valence-electron chi connectivity index (χ4n) is 2.05. The SMILES string of the molecule is c1n[nH]c(-c2noc(CCC3CCNC3)n2)n1. The summed E-state index contributed by atoms with van der Waals surface area (Å²) in [6, 6.07) is 0. The average molecular weight is 234 g/mol. The third-order valence-corrected chi connectivity index (χ3v) is 3.02. The first-order valence-electron chi connectivity index (χ1n) is 5.81. The molecule has 17 heavy (non-hydrogen) atoms. The van der Waals surface area contributed by atoms with E-state index in [1.54, 1.807) is 0 Å². The molecule has 1 atom stereocenters. The molecule has 3 rings (SSSR count). The Labute approximate surface area is 98.0 Å². The highest BCUT2D eigenvalue weighted by Crippen LogP contribution is 2.16. The first kappa shape index (κ1) is 10.4. The maximum absolute atomic E-state index is 5.18. The lowest BCUT2D eigenvalue weighted by atomic mass is 10.0. The normalized spacial score (nSPS) is 19.9. The van der Waals surface area contributed by atoms with Gasteiger partial charge in [0.15, 0.2) is 5.82 Å².